The van der Waals surface area contributed by atoms with Crippen LogP contribution < -0.4 is 10.6 Å². The molecule has 0 aliphatic carbocycles. The second-order valence-corrected chi connectivity index (χ2v) is 8.60. The van der Waals surface area contributed by atoms with E-state index in [1.807, 2.05) is 18.2 Å². The molecule has 4 rings (SSSR count). The Labute approximate surface area is 184 Å². The summed E-state index contributed by atoms with van der Waals surface area (Å²) in [6, 6.07) is 10.2. The van der Waals surface area contributed by atoms with E-state index < -0.39 is 0 Å². The van der Waals surface area contributed by atoms with Gasteiger partial charge in [0.15, 0.2) is 0 Å². The second-order valence-electron chi connectivity index (χ2n) is 7.08. The van der Waals surface area contributed by atoms with Crippen molar-refractivity contribution < 1.29 is 9.53 Å². The molecule has 1 aliphatic heterocycles. The lowest BCUT2D eigenvalue weighted by molar-refractivity contribution is -0.118. The van der Waals surface area contributed by atoms with Gasteiger partial charge in [-0.2, -0.15) is 0 Å². The number of ether oxygens (including phenoxy) is 1. The maximum Gasteiger partial charge on any atom is 0.224 e. The quantitative estimate of drug-likeness (QED) is 0.315. The number of nitrogens with zero attached hydrogens (tertiary/aromatic N) is 2. The van der Waals surface area contributed by atoms with Gasteiger partial charge < -0.3 is 15.4 Å². The van der Waals surface area contributed by atoms with Crippen LogP contribution >= 0.6 is 23.4 Å². The summed E-state index contributed by atoms with van der Waals surface area (Å²) in [5.41, 5.74) is 3.98. The number of anilines is 1. The third-order valence-corrected chi connectivity index (χ3v) is 6.22. The van der Waals surface area contributed by atoms with E-state index >= 15 is 0 Å². The molecule has 1 aliphatic rings. The summed E-state index contributed by atoms with van der Waals surface area (Å²) in [5.74, 6) is 1.39. The summed E-state index contributed by atoms with van der Waals surface area (Å²) < 4.78 is 5.70. The third-order valence-electron chi connectivity index (χ3n) is 4.92. The molecular formula is C22H23ClN4O2S. The molecule has 2 N–H and O–H groups in total. The average Bonchev–Trinajstić information content (AvgIpc) is 2.73. The molecule has 30 heavy (non-hydrogen) atoms. The predicted molar refractivity (Wildman–Crippen MR) is 122 cm³/mol. The lowest BCUT2D eigenvalue weighted by Crippen LogP contribution is -2.21. The van der Waals surface area contributed by atoms with Crippen molar-refractivity contribution in [3.05, 3.63) is 46.5 Å². The highest BCUT2D eigenvalue weighted by atomic mass is 35.5. The molecule has 2 aromatic carbocycles. The Kier molecular flexibility index (Phi) is 6.41. The number of thioether (sulfide) groups is 1. The van der Waals surface area contributed by atoms with Crippen LogP contribution in [0.2, 0.25) is 5.02 Å². The molecular weight excluding hydrogens is 420 g/mol. The number of carbonyl (C=O) groups is 1. The van der Waals surface area contributed by atoms with Crippen molar-refractivity contribution in [1.82, 2.24) is 15.3 Å². The summed E-state index contributed by atoms with van der Waals surface area (Å²) in [5, 5.41) is 9.68. The Morgan fingerprint density at radius 3 is 2.87 bits per heavy atom. The number of hydrogen-bond acceptors (Lipinski definition) is 6. The number of aromatic nitrogens is 2. The number of hydrogen-bond donors (Lipinski definition) is 2. The van der Waals surface area contributed by atoms with E-state index in [0.717, 1.165) is 39.4 Å². The molecule has 0 saturated carbocycles. The van der Waals surface area contributed by atoms with Crippen LogP contribution in [-0.2, 0) is 22.7 Å². The fourth-order valence-corrected chi connectivity index (χ4v) is 4.81. The number of carbonyl (C=O) groups excluding carboxylic acids is 1. The average molecular weight is 443 g/mol. The monoisotopic (exact) mass is 442 g/mol. The summed E-state index contributed by atoms with van der Waals surface area (Å²) in [6.45, 7) is 3.35. The van der Waals surface area contributed by atoms with E-state index in [2.05, 4.69) is 27.8 Å². The minimum Gasteiger partial charge on any atom is -0.372 e. The number of nitrogens with one attached hydrogen (secondary N) is 2. The van der Waals surface area contributed by atoms with Gasteiger partial charge in [0.1, 0.15) is 5.03 Å². The van der Waals surface area contributed by atoms with Crippen LogP contribution in [-0.4, -0.2) is 35.2 Å². The Morgan fingerprint density at radius 1 is 1.23 bits per heavy atom. The maximum absolute atomic E-state index is 11.0. The van der Waals surface area contributed by atoms with E-state index in [4.69, 9.17) is 21.3 Å². The van der Waals surface area contributed by atoms with E-state index in [0.29, 0.717) is 30.7 Å². The van der Waals surface area contributed by atoms with E-state index in [1.54, 1.807) is 18.8 Å². The zero-order valence-corrected chi connectivity index (χ0v) is 18.5. The molecule has 1 aromatic heterocycles. The molecule has 2 heterocycles. The maximum atomic E-state index is 11.0. The van der Waals surface area contributed by atoms with Crippen molar-refractivity contribution in [1.29, 1.82) is 0 Å². The topological polar surface area (TPSA) is 76.1 Å². The highest BCUT2D eigenvalue weighted by Gasteiger charge is 2.20. The molecule has 0 spiro atoms. The highest BCUT2D eigenvalue weighted by Crippen LogP contribution is 2.40. The Bertz CT molecular complexity index is 1110. The van der Waals surface area contributed by atoms with Crippen LogP contribution in [0.3, 0.4) is 0 Å². The van der Waals surface area contributed by atoms with E-state index in [-0.39, 0.29) is 5.91 Å². The zero-order valence-electron chi connectivity index (χ0n) is 16.9. The first-order valence-electron chi connectivity index (χ1n) is 9.82. The van der Waals surface area contributed by atoms with Gasteiger partial charge in [0.2, 0.25) is 11.9 Å². The lowest BCUT2D eigenvalue weighted by atomic mass is 9.93. The van der Waals surface area contributed by atoms with Gasteiger partial charge in [0.05, 0.1) is 23.9 Å². The van der Waals surface area contributed by atoms with Crippen LogP contribution in [0.15, 0.2) is 35.4 Å². The van der Waals surface area contributed by atoms with Crippen molar-refractivity contribution in [2.24, 2.45) is 0 Å². The van der Waals surface area contributed by atoms with Crippen LogP contribution in [0.5, 0.6) is 0 Å². The first kappa shape index (κ1) is 20.9. The van der Waals surface area contributed by atoms with Gasteiger partial charge in [0, 0.05) is 31.8 Å². The molecule has 0 saturated heterocycles. The first-order chi connectivity index (χ1) is 14.6. The molecule has 0 fully saturated rings. The normalized spacial score (nSPS) is 12.8. The van der Waals surface area contributed by atoms with Gasteiger partial charge in [-0.25, -0.2) is 9.97 Å². The molecule has 3 aromatic rings. The molecule has 6 nitrogen and oxygen atoms in total. The lowest BCUT2D eigenvalue weighted by Gasteiger charge is -2.21. The van der Waals surface area contributed by atoms with Crippen LogP contribution in [0.1, 0.15) is 24.5 Å². The highest BCUT2D eigenvalue weighted by molar-refractivity contribution is 7.99. The van der Waals surface area contributed by atoms with Crippen molar-refractivity contribution in [3.8, 4) is 11.3 Å². The molecule has 0 unspecified atom stereocenters. The number of benzene rings is 2. The van der Waals surface area contributed by atoms with Crippen molar-refractivity contribution >= 4 is 46.0 Å². The molecule has 0 bridgehead atoms. The zero-order chi connectivity index (χ0) is 21.1. The summed E-state index contributed by atoms with van der Waals surface area (Å²) in [6.07, 6.45) is 0.861. The van der Waals surface area contributed by atoms with Crippen LogP contribution in [0, 0.1) is 0 Å². The van der Waals surface area contributed by atoms with Crippen molar-refractivity contribution in [3.63, 3.8) is 0 Å². The third kappa shape index (κ3) is 4.38. The second kappa shape index (κ2) is 9.20. The Morgan fingerprint density at radius 2 is 2.07 bits per heavy atom. The van der Waals surface area contributed by atoms with Gasteiger partial charge in [-0.1, -0.05) is 29.8 Å². The number of rotatable bonds is 7. The SMILES string of the molecule is CNc1nc(SCCCNC(C)=O)cc(-c2c(Cl)cc3c4c(cccc24)COC3)n1. The molecule has 1 amide bonds. The number of halogens is 1. The van der Waals surface area contributed by atoms with Gasteiger partial charge in [-0.3, -0.25) is 4.79 Å². The standard InChI is InChI=1S/C22H23ClN4O2S/c1-13(28)25-7-4-8-30-19-10-18(26-22(24-2)27-19)21-16-6-3-5-14-11-29-12-15(20(14)16)9-17(21)23/h3,5-6,9-10H,4,7-8,11-12H2,1-2H3,(H,25,28)(H,24,26,27). The van der Waals surface area contributed by atoms with E-state index in [9.17, 15) is 4.79 Å². The van der Waals surface area contributed by atoms with Crippen molar-refractivity contribution in [2.45, 2.75) is 31.6 Å². The molecule has 0 atom stereocenters. The Hall–Kier alpha value is -2.35. The minimum absolute atomic E-state index is 0.00955. The molecule has 8 heteroatoms. The molecule has 0 radical (unpaired) electrons. The van der Waals surface area contributed by atoms with E-state index in [1.165, 1.54) is 17.9 Å². The van der Waals surface area contributed by atoms with Crippen molar-refractivity contribution in [2.75, 3.05) is 24.7 Å². The first-order valence-corrected chi connectivity index (χ1v) is 11.2. The summed E-state index contributed by atoms with van der Waals surface area (Å²) in [7, 11) is 1.81. The fourth-order valence-electron chi connectivity index (χ4n) is 3.63. The fraction of sp³-hybridized carbons (Fsp3) is 0.318. The summed E-state index contributed by atoms with van der Waals surface area (Å²) >= 11 is 8.38. The molecule has 156 valence electrons. The smallest absolute Gasteiger partial charge is 0.224 e. The van der Waals surface area contributed by atoms with Gasteiger partial charge >= 0.3 is 0 Å². The van der Waals surface area contributed by atoms with Crippen LogP contribution in [0.4, 0.5) is 5.95 Å². The van der Waals surface area contributed by atoms with Gasteiger partial charge in [0.25, 0.3) is 0 Å². The Balaban J connectivity index is 1.70. The minimum atomic E-state index is -0.00955. The predicted octanol–water partition coefficient (Wildman–Crippen LogP) is 4.64. The largest absolute Gasteiger partial charge is 0.372 e. The van der Waals surface area contributed by atoms with Gasteiger partial charge in [-0.05, 0) is 40.5 Å². The number of amides is 1. The summed E-state index contributed by atoms with van der Waals surface area (Å²) in [4.78, 5) is 20.3. The van der Waals surface area contributed by atoms with Gasteiger partial charge in [-0.15, -0.1) is 11.8 Å². The van der Waals surface area contributed by atoms with Crippen LogP contribution in [0.25, 0.3) is 22.0 Å².